The van der Waals surface area contributed by atoms with Gasteiger partial charge in [-0.1, -0.05) is 22.4 Å². The number of rotatable bonds is 1. The van der Waals surface area contributed by atoms with Crippen LogP contribution in [0.3, 0.4) is 0 Å². The van der Waals surface area contributed by atoms with Crippen molar-refractivity contribution in [2.45, 2.75) is 62.9 Å². The highest BCUT2D eigenvalue weighted by Crippen LogP contribution is 2.60. The number of alkyl halides is 4. The molecule has 0 aromatic rings. The molecule has 5 atom stereocenters. The molecule has 2 bridgehead atoms. The van der Waals surface area contributed by atoms with Crippen molar-refractivity contribution in [3.05, 3.63) is 11.3 Å². The number of allylic oxidation sites excluding steroid dienone is 1. The fraction of sp³-hybridized carbons (Fsp3) is 0.867. The van der Waals surface area contributed by atoms with Crippen LogP contribution in [0.1, 0.15) is 39.0 Å². The van der Waals surface area contributed by atoms with Crippen molar-refractivity contribution in [2.24, 2.45) is 11.8 Å². The van der Waals surface area contributed by atoms with E-state index in [1.807, 2.05) is 0 Å². The molecule has 0 N–H and O–H groups in total. The van der Waals surface area contributed by atoms with Crippen LogP contribution >= 0.6 is 15.9 Å². The van der Waals surface area contributed by atoms with Crippen molar-refractivity contribution >= 4 is 15.9 Å². The third-order valence-electron chi connectivity index (χ3n) is 5.60. The zero-order chi connectivity index (χ0) is 16.5. The third-order valence-corrected chi connectivity index (χ3v) is 6.20. The van der Waals surface area contributed by atoms with Crippen LogP contribution in [0.4, 0.5) is 13.2 Å². The van der Waals surface area contributed by atoms with Crippen LogP contribution < -0.4 is 0 Å². The van der Waals surface area contributed by atoms with Crippen LogP contribution in [0.25, 0.3) is 0 Å². The third kappa shape index (κ3) is 2.21. The van der Waals surface area contributed by atoms with E-state index in [9.17, 15) is 13.2 Å². The number of hydrogen-bond donors (Lipinski definition) is 0. The van der Waals surface area contributed by atoms with Crippen molar-refractivity contribution in [3.8, 4) is 0 Å². The zero-order valence-electron chi connectivity index (χ0n) is 12.6. The standard InChI is InChI=1S/C15H18BrF3O4/c1-13-6-5-8-3-2-4-10-9(7-16)11(15(17,18)19)20-12(21-13)14(8,10)23-22-13/h8,10,12H,2-7H2,1H3/t8?,10-,12+,13?,14?/m0/s1. The quantitative estimate of drug-likeness (QED) is 0.490. The molecule has 4 aliphatic heterocycles. The summed E-state index contributed by atoms with van der Waals surface area (Å²) in [6.45, 7) is 1.69. The minimum absolute atomic E-state index is 0.0689. The molecule has 3 saturated heterocycles. The molecule has 5 aliphatic rings. The predicted octanol–water partition coefficient (Wildman–Crippen LogP) is 4.20. The Morgan fingerprint density at radius 3 is 2.70 bits per heavy atom. The fourth-order valence-corrected chi connectivity index (χ4v) is 5.18. The van der Waals surface area contributed by atoms with Gasteiger partial charge in [0.15, 0.2) is 5.60 Å². The summed E-state index contributed by atoms with van der Waals surface area (Å²) in [6.07, 6.45) is -1.89. The largest absolute Gasteiger partial charge is 0.456 e. The van der Waals surface area contributed by atoms with Crippen molar-refractivity contribution in [3.63, 3.8) is 0 Å². The monoisotopic (exact) mass is 398 g/mol. The number of ether oxygens (including phenoxy) is 2. The molecule has 3 unspecified atom stereocenters. The van der Waals surface area contributed by atoms with Crippen LogP contribution in [-0.2, 0) is 19.2 Å². The normalized spacial score (nSPS) is 46.2. The predicted molar refractivity (Wildman–Crippen MR) is 76.2 cm³/mol. The first kappa shape index (κ1) is 16.2. The van der Waals surface area contributed by atoms with Gasteiger partial charge < -0.3 is 9.47 Å². The number of fused-ring (bicyclic) bond motifs is 2. The van der Waals surface area contributed by atoms with E-state index in [1.165, 1.54) is 0 Å². The topological polar surface area (TPSA) is 36.9 Å². The summed E-state index contributed by atoms with van der Waals surface area (Å²) in [5, 5.41) is 0.0916. The van der Waals surface area contributed by atoms with Crippen molar-refractivity contribution in [2.75, 3.05) is 5.33 Å². The lowest BCUT2D eigenvalue weighted by Gasteiger charge is -2.56. The minimum atomic E-state index is -4.55. The Bertz CT molecular complexity index is 551. The van der Waals surface area contributed by atoms with Gasteiger partial charge in [-0.25, -0.2) is 9.78 Å². The zero-order valence-corrected chi connectivity index (χ0v) is 14.2. The molecule has 1 spiro atoms. The van der Waals surface area contributed by atoms with E-state index in [-0.39, 0.29) is 16.8 Å². The Morgan fingerprint density at radius 2 is 2.00 bits per heavy atom. The van der Waals surface area contributed by atoms with Crippen LogP contribution in [-0.4, -0.2) is 29.2 Å². The Balaban J connectivity index is 1.87. The summed E-state index contributed by atoms with van der Waals surface area (Å²) in [5.41, 5.74) is -0.775. The lowest BCUT2D eigenvalue weighted by molar-refractivity contribution is -0.556. The second-order valence-corrected chi connectivity index (χ2v) is 7.49. The van der Waals surface area contributed by atoms with Gasteiger partial charge in [-0.15, -0.1) is 0 Å². The van der Waals surface area contributed by atoms with E-state index < -0.39 is 35.5 Å². The smallest absolute Gasteiger partial charge is 0.449 e. The van der Waals surface area contributed by atoms with Gasteiger partial charge in [0.2, 0.25) is 17.8 Å². The first-order valence-electron chi connectivity index (χ1n) is 7.88. The molecule has 23 heavy (non-hydrogen) atoms. The molecular formula is C15H18BrF3O4. The molecule has 5 rings (SSSR count). The maximum atomic E-state index is 13.5. The van der Waals surface area contributed by atoms with Gasteiger partial charge in [0.05, 0.1) is 0 Å². The molecule has 0 aromatic carbocycles. The van der Waals surface area contributed by atoms with Crippen molar-refractivity contribution in [1.29, 1.82) is 0 Å². The van der Waals surface area contributed by atoms with Crippen molar-refractivity contribution in [1.82, 2.24) is 0 Å². The van der Waals surface area contributed by atoms with Gasteiger partial charge in [0.1, 0.15) is 0 Å². The van der Waals surface area contributed by atoms with Gasteiger partial charge in [-0.05, 0) is 37.7 Å². The number of hydrogen-bond acceptors (Lipinski definition) is 4. The SMILES string of the molecule is CC12CCC3CCC[C@H]4C(CBr)=C(C(F)(F)F)O[C@H](O1)C34OO2. The molecule has 1 saturated carbocycles. The van der Waals surface area contributed by atoms with Crippen LogP contribution in [0.5, 0.6) is 0 Å². The summed E-state index contributed by atoms with van der Waals surface area (Å²) >= 11 is 3.21. The molecule has 0 aromatic heterocycles. The van der Waals surface area contributed by atoms with Crippen LogP contribution in [0.15, 0.2) is 11.3 Å². The number of halogens is 4. The molecule has 4 fully saturated rings. The van der Waals surface area contributed by atoms with Crippen LogP contribution in [0, 0.1) is 11.8 Å². The molecule has 130 valence electrons. The van der Waals surface area contributed by atoms with Crippen molar-refractivity contribution < 1.29 is 32.4 Å². The van der Waals surface area contributed by atoms with E-state index in [1.54, 1.807) is 6.92 Å². The summed E-state index contributed by atoms with van der Waals surface area (Å²) in [6, 6.07) is 0. The van der Waals surface area contributed by atoms with E-state index in [0.29, 0.717) is 12.8 Å². The molecule has 8 heteroatoms. The van der Waals surface area contributed by atoms with Gasteiger partial charge >= 0.3 is 6.18 Å². The Kier molecular flexibility index (Phi) is 3.58. The maximum absolute atomic E-state index is 13.5. The van der Waals surface area contributed by atoms with E-state index in [4.69, 9.17) is 19.2 Å². The highest BCUT2D eigenvalue weighted by Gasteiger charge is 2.68. The summed E-state index contributed by atoms with van der Waals surface area (Å²) in [7, 11) is 0. The minimum Gasteiger partial charge on any atom is -0.456 e. The Hall–Kier alpha value is -0.310. The van der Waals surface area contributed by atoms with Gasteiger partial charge in [0, 0.05) is 17.7 Å². The molecule has 1 aliphatic carbocycles. The van der Waals surface area contributed by atoms with E-state index >= 15 is 0 Å². The average molecular weight is 399 g/mol. The molecule has 0 radical (unpaired) electrons. The lowest BCUT2D eigenvalue weighted by Crippen LogP contribution is -2.66. The maximum Gasteiger partial charge on any atom is 0.449 e. The van der Waals surface area contributed by atoms with Gasteiger partial charge in [0.25, 0.3) is 0 Å². The molecule has 0 amide bonds. The Morgan fingerprint density at radius 1 is 1.22 bits per heavy atom. The second-order valence-electron chi connectivity index (χ2n) is 6.93. The van der Waals surface area contributed by atoms with Gasteiger partial charge in [-0.2, -0.15) is 13.2 Å². The average Bonchev–Trinajstić information content (AvgIpc) is 2.71. The Labute approximate surface area is 140 Å². The van der Waals surface area contributed by atoms with E-state index in [2.05, 4.69) is 15.9 Å². The summed E-state index contributed by atoms with van der Waals surface area (Å²) < 4.78 is 51.6. The van der Waals surface area contributed by atoms with Gasteiger partial charge in [-0.3, -0.25) is 0 Å². The lowest BCUT2D eigenvalue weighted by atomic mass is 9.63. The second kappa shape index (κ2) is 5.09. The molecule has 4 heterocycles. The van der Waals surface area contributed by atoms with E-state index in [0.717, 1.165) is 19.3 Å². The summed E-state index contributed by atoms with van der Waals surface area (Å²) in [4.78, 5) is 11.3. The van der Waals surface area contributed by atoms with Crippen LogP contribution in [0.2, 0.25) is 0 Å². The molecule has 4 nitrogen and oxygen atoms in total. The summed E-state index contributed by atoms with van der Waals surface area (Å²) in [5.74, 6) is -2.34. The highest BCUT2D eigenvalue weighted by atomic mass is 79.9. The molecular weight excluding hydrogens is 381 g/mol. The highest BCUT2D eigenvalue weighted by molar-refractivity contribution is 9.09. The first-order chi connectivity index (χ1) is 10.8. The fourth-order valence-electron chi connectivity index (χ4n) is 4.54. The first-order valence-corrected chi connectivity index (χ1v) is 9.00.